The lowest BCUT2D eigenvalue weighted by Gasteiger charge is -2.14. The molecule has 1 aliphatic rings. The summed E-state index contributed by atoms with van der Waals surface area (Å²) in [6, 6.07) is 10.2. The predicted octanol–water partition coefficient (Wildman–Crippen LogP) is 4.72. The van der Waals surface area contributed by atoms with Crippen LogP contribution in [0.3, 0.4) is 0 Å². The Labute approximate surface area is 187 Å². The molecule has 0 fully saturated rings. The van der Waals surface area contributed by atoms with Gasteiger partial charge in [0.05, 0.1) is 40.7 Å². The Morgan fingerprint density at radius 3 is 2.97 bits per heavy atom. The third kappa shape index (κ3) is 3.40. The van der Waals surface area contributed by atoms with E-state index in [0.717, 1.165) is 48.0 Å². The number of nitrogens with one attached hydrogen (secondary N) is 1. The lowest BCUT2D eigenvalue weighted by Crippen LogP contribution is -2.05. The van der Waals surface area contributed by atoms with E-state index >= 15 is 0 Å². The molecule has 0 amide bonds. The Morgan fingerprint density at radius 2 is 2.21 bits per heavy atom. The van der Waals surface area contributed by atoms with E-state index in [-0.39, 0.29) is 17.4 Å². The molecule has 164 valence electrons. The number of benzene rings is 2. The number of hydrogen-bond donors (Lipinski definition) is 1. The van der Waals surface area contributed by atoms with Crippen molar-refractivity contribution < 1.29 is 14.1 Å². The number of methoxy groups -OCH3 is 1. The molecule has 0 atom stereocenters. The molecule has 10 heteroatoms. The van der Waals surface area contributed by atoms with Crippen molar-refractivity contribution in [3.8, 4) is 23.1 Å². The highest BCUT2D eigenvalue weighted by atomic mass is 19.1. The first-order valence-electron chi connectivity index (χ1n) is 10.2. The van der Waals surface area contributed by atoms with Crippen LogP contribution in [0.15, 0.2) is 42.7 Å². The fraction of sp³-hybridized carbons (Fsp3) is 0.174. The molecular weight excluding hydrogens is 427 g/mol. The number of nitrogens with zero attached hydrogens (tertiary/aromatic N) is 5. The van der Waals surface area contributed by atoms with Crippen molar-refractivity contribution in [3.05, 3.63) is 69.8 Å². The van der Waals surface area contributed by atoms with E-state index in [1.165, 1.54) is 18.9 Å². The van der Waals surface area contributed by atoms with E-state index in [2.05, 4.69) is 32.0 Å². The second-order valence-electron chi connectivity index (χ2n) is 7.61. The standard InChI is InChI=1S/C23H17FN6O3/c1-33-20-8-17(24)19(30(31)32)9-18(20)27-23-26-11-14(10-25)21(28-23)16-12-29-7-3-5-13-4-2-6-15(16)22(13)29/h2,4,6,8-9,11-12H,3,5,7H2,1H3,(H,26,27,28). The maximum Gasteiger partial charge on any atom is 0.307 e. The molecule has 0 saturated heterocycles. The SMILES string of the molecule is COc1cc(F)c([N+](=O)[O-])cc1Nc1ncc(C#N)c(-c2cn3c4c(cccc24)CCC3)n1. The normalized spacial score (nSPS) is 12.4. The van der Waals surface area contributed by atoms with Crippen LogP contribution in [0.25, 0.3) is 22.2 Å². The number of hydrogen-bond acceptors (Lipinski definition) is 7. The molecule has 9 nitrogen and oxygen atoms in total. The molecule has 0 radical (unpaired) electrons. The second kappa shape index (κ2) is 7.87. The third-order valence-electron chi connectivity index (χ3n) is 5.70. The smallest absolute Gasteiger partial charge is 0.307 e. The topological polar surface area (TPSA) is 119 Å². The Hall–Kier alpha value is -4.52. The molecule has 0 unspecified atom stereocenters. The highest BCUT2D eigenvalue weighted by Gasteiger charge is 2.22. The monoisotopic (exact) mass is 444 g/mol. The van der Waals surface area contributed by atoms with Gasteiger partial charge in [0.25, 0.3) is 0 Å². The van der Waals surface area contributed by atoms with Crippen molar-refractivity contribution in [2.45, 2.75) is 19.4 Å². The van der Waals surface area contributed by atoms with Crippen LogP contribution in [0.1, 0.15) is 17.5 Å². The zero-order valence-corrected chi connectivity index (χ0v) is 17.5. The fourth-order valence-electron chi connectivity index (χ4n) is 4.24. The summed E-state index contributed by atoms with van der Waals surface area (Å²) in [4.78, 5) is 19.1. The van der Waals surface area contributed by atoms with Gasteiger partial charge in [-0.1, -0.05) is 18.2 Å². The fourth-order valence-corrected chi connectivity index (χ4v) is 4.24. The van der Waals surface area contributed by atoms with Crippen molar-refractivity contribution in [1.82, 2.24) is 14.5 Å². The minimum atomic E-state index is -1.02. The number of aryl methyl sites for hydroxylation is 2. The molecule has 3 heterocycles. The minimum Gasteiger partial charge on any atom is -0.494 e. The summed E-state index contributed by atoms with van der Waals surface area (Å²) in [5.74, 6) is -0.868. The van der Waals surface area contributed by atoms with Gasteiger partial charge in [-0.2, -0.15) is 9.65 Å². The lowest BCUT2D eigenvalue weighted by atomic mass is 10.0. The van der Waals surface area contributed by atoms with Crippen LogP contribution in [0, 0.1) is 27.3 Å². The van der Waals surface area contributed by atoms with Gasteiger partial charge in [-0.05, 0) is 18.4 Å². The summed E-state index contributed by atoms with van der Waals surface area (Å²) in [6.07, 6.45) is 5.40. The molecular formula is C23H17FN6O3. The average molecular weight is 444 g/mol. The van der Waals surface area contributed by atoms with Crippen molar-refractivity contribution >= 4 is 28.2 Å². The number of nitro groups is 1. The molecule has 0 aliphatic carbocycles. The van der Waals surface area contributed by atoms with Crippen molar-refractivity contribution in [3.63, 3.8) is 0 Å². The summed E-state index contributed by atoms with van der Waals surface area (Å²) in [6.45, 7) is 0.877. The largest absolute Gasteiger partial charge is 0.494 e. The number of para-hydroxylation sites is 1. The molecule has 2 aromatic heterocycles. The second-order valence-corrected chi connectivity index (χ2v) is 7.61. The number of ether oxygens (including phenoxy) is 1. The van der Waals surface area contributed by atoms with Gasteiger partial charge in [-0.3, -0.25) is 10.1 Å². The van der Waals surface area contributed by atoms with Gasteiger partial charge < -0.3 is 14.6 Å². The molecule has 2 aromatic carbocycles. The predicted molar refractivity (Wildman–Crippen MR) is 119 cm³/mol. The zero-order valence-electron chi connectivity index (χ0n) is 17.5. The van der Waals surface area contributed by atoms with Crippen LogP contribution in [-0.4, -0.2) is 26.6 Å². The van der Waals surface area contributed by atoms with Crippen molar-refractivity contribution in [1.29, 1.82) is 5.26 Å². The van der Waals surface area contributed by atoms with E-state index in [1.807, 2.05) is 18.3 Å². The molecule has 0 saturated carbocycles. The first kappa shape index (κ1) is 20.4. The number of nitro benzene ring substituents is 1. The van der Waals surface area contributed by atoms with Crippen LogP contribution >= 0.6 is 0 Å². The summed E-state index contributed by atoms with van der Waals surface area (Å²) in [7, 11) is 1.32. The summed E-state index contributed by atoms with van der Waals surface area (Å²) >= 11 is 0. The Kier molecular flexibility index (Phi) is 4.86. The van der Waals surface area contributed by atoms with E-state index in [0.29, 0.717) is 11.3 Å². The average Bonchev–Trinajstić information content (AvgIpc) is 3.20. The van der Waals surface area contributed by atoms with Gasteiger partial charge in [-0.25, -0.2) is 9.97 Å². The number of nitriles is 1. The number of anilines is 2. The van der Waals surface area contributed by atoms with E-state index in [4.69, 9.17) is 4.74 Å². The van der Waals surface area contributed by atoms with Crippen molar-refractivity contribution in [2.75, 3.05) is 12.4 Å². The van der Waals surface area contributed by atoms with Crippen molar-refractivity contribution in [2.24, 2.45) is 0 Å². The molecule has 5 rings (SSSR count). The van der Waals surface area contributed by atoms with Gasteiger partial charge in [0.15, 0.2) is 0 Å². The van der Waals surface area contributed by atoms with E-state index < -0.39 is 16.4 Å². The first-order chi connectivity index (χ1) is 16.0. The summed E-state index contributed by atoms with van der Waals surface area (Å²) in [5, 5.41) is 24.7. The Bertz CT molecular complexity index is 1470. The molecule has 33 heavy (non-hydrogen) atoms. The van der Waals surface area contributed by atoms with Gasteiger partial charge in [0.2, 0.25) is 11.8 Å². The van der Waals surface area contributed by atoms with Crippen LogP contribution < -0.4 is 10.1 Å². The van der Waals surface area contributed by atoms with Gasteiger partial charge in [0, 0.05) is 35.8 Å². The highest BCUT2D eigenvalue weighted by molar-refractivity contribution is 5.98. The van der Waals surface area contributed by atoms with Crippen LogP contribution in [0.2, 0.25) is 0 Å². The van der Waals surface area contributed by atoms with E-state index in [9.17, 15) is 19.8 Å². The zero-order chi connectivity index (χ0) is 23.1. The first-order valence-corrected chi connectivity index (χ1v) is 10.2. The molecule has 1 aliphatic heterocycles. The maximum absolute atomic E-state index is 14.0. The summed E-state index contributed by atoms with van der Waals surface area (Å²) in [5.41, 5.74) is 3.33. The number of rotatable bonds is 5. The molecule has 0 spiro atoms. The highest BCUT2D eigenvalue weighted by Crippen LogP contribution is 2.37. The third-order valence-corrected chi connectivity index (χ3v) is 5.70. The molecule has 0 bridgehead atoms. The van der Waals surface area contributed by atoms with Gasteiger partial charge in [-0.15, -0.1) is 0 Å². The summed E-state index contributed by atoms with van der Waals surface area (Å²) < 4.78 is 21.3. The van der Waals surface area contributed by atoms with Crippen LogP contribution in [0.5, 0.6) is 5.75 Å². The quantitative estimate of drug-likeness (QED) is 0.349. The lowest BCUT2D eigenvalue weighted by molar-refractivity contribution is -0.387. The van der Waals surface area contributed by atoms with Gasteiger partial charge >= 0.3 is 5.69 Å². The molecule has 1 N–H and O–H groups in total. The van der Waals surface area contributed by atoms with Crippen LogP contribution in [-0.2, 0) is 13.0 Å². The van der Waals surface area contributed by atoms with E-state index in [1.54, 1.807) is 0 Å². The molecule has 4 aromatic rings. The Morgan fingerprint density at radius 1 is 1.36 bits per heavy atom. The maximum atomic E-state index is 14.0. The number of aromatic nitrogens is 3. The van der Waals surface area contributed by atoms with Crippen LogP contribution in [0.4, 0.5) is 21.7 Å². The van der Waals surface area contributed by atoms with Gasteiger partial charge in [0.1, 0.15) is 11.8 Å². The minimum absolute atomic E-state index is 0.0553. The Balaban J connectivity index is 1.63. The number of halogens is 1.